The van der Waals surface area contributed by atoms with Gasteiger partial charge < -0.3 is 19.1 Å². The van der Waals surface area contributed by atoms with Gasteiger partial charge in [0.05, 0.1) is 23.0 Å². The molecule has 5 rings (SSSR count). The van der Waals surface area contributed by atoms with Crippen molar-refractivity contribution in [1.82, 2.24) is 4.98 Å². The Kier molecular flexibility index (Phi) is 7.36. The zero-order valence-corrected chi connectivity index (χ0v) is 22.3. The molecule has 2 heterocycles. The fourth-order valence-electron chi connectivity index (χ4n) is 5.14. The zero-order valence-electron chi connectivity index (χ0n) is 20.3. The summed E-state index contributed by atoms with van der Waals surface area (Å²) >= 11 is 0. The number of furan rings is 1. The predicted molar refractivity (Wildman–Crippen MR) is 127 cm³/mol. The number of carboxylic acid groups (broad SMARTS) is 1. The number of benzene rings is 2. The summed E-state index contributed by atoms with van der Waals surface area (Å²) in [6.45, 7) is 5.97. The van der Waals surface area contributed by atoms with Gasteiger partial charge in [0.25, 0.3) is 0 Å². The average molecular weight is 466 g/mol. The molecule has 1 aliphatic rings. The van der Waals surface area contributed by atoms with E-state index in [9.17, 15) is 9.90 Å². The minimum absolute atomic E-state index is 0. The summed E-state index contributed by atoms with van der Waals surface area (Å²) in [7, 11) is 0. The van der Waals surface area contributed by atoms with E-state index in [0.717, 1.165) is 34.9 Å². The van der Waals surface area contributed by atoms with Crippen LogP contribution in [0.3, 0.4) is 0 Å². The van der Waals surface area contributed by atoms with Crippen LogP contribution >= 0.6 is 0 Å². The van der Waals surface area contributed by atoms with Gasteiger partial charge in [0, 0.05) is 16.5 Å². The van der Waals surface area contributed by atoms with Crippen LogP contribution in [0.25, 0.3) is 33.3 Å². The van der Waals surface area contributed by atoms with Crippen LogP contribution in [-0.2, 0) is 0 Å². The van der Waals surface area contributed by atoms with Crippen molar-refractivity contribution in [3.63, 3.8) is 0 Å². The molecule has 6 heteroatoms. The number of rotatable bonds is 5. The number of hydrogen-bond acceptors (Lipinski definition) is 5. The van der Waals surface area contributed by atoms with E-state index in [1.807, 2.05) is 50.2 Å². The first kappa shape index (κ1) is 24.8. The Hall–Kier alpha value is -2.34. The van der Waals surface area contributed by atoms with Gasteiger partial charge >= 0.3 is 29.6 Å². The van der Waals surface area contributed by atoms with Gasteiger partial charge in [-0.1, -0.05) is 43.5 Å². The first-order valence-electron chi connectivity index (χ1n) is 11.7. The molecule has 0 radical (unpaired) electrons. The topological polar surface area (TPSA) is 75.4 Å². The third-order valence-corrected chi connectivity index (χ3v) is 7.05. The second kappa shape index (κ2) is 10.1. The smallest absolute Gasteiger partial charge is 0.545 e. The van der Waals surface area contributed by atoms with E-state index in [1.165, 1.54) is 19.3 Å². The number of nitrogens with zero attached hydrogens (tertiary/aromatic N) is 1. The number of pyridine rings is 1. The number of aryl methyl sites for hydroxylation is 2. The molecule has 5 nitrogen and oxygen atoms in total. The Morgan fingerprint density at radius 1 is 1.12 bits per heavy atom. The first-order chi connectivity index (χ1) is 15.9. The van der Waals surface area contributed by atoms with Crippen LogP contribution in [0.5, 0.6) is 5.75 Å². The number of carbonyl (C=O) groups is 1. The Morgan fingerprint density at radius 2 is 1.85 bits per heavy atom. The molecule has 0 bridgehead atoms. The third-order valence-electron chi connectivity index (χ3n) is 7.05. The molecule has 0 spiro atoms. The number of ether oxygens (including phenoxy) is 1. The fourth-order valence-corrected chi connectivity index (χ4v) is 5.14. The maximum atomic E-state index is 12.3. The molecule has 0 amide bonds. The molecular formula is C28H28NNaO4. The van der Waals surface area contributed by atoms with Gasteiger partial charge in [0.2, 0.25) is 0 Å². The van der Waals surface area contributed by atoms with Crippen LogP contribution < -0.4 is 39.4 Å². The molecule has 1 saturated carbocycles. The maximum Gasteiger partial charge on any atom is 1.00 e. The van der Waals surface area contributed by atoms with E-state index < -0.39 is 5.97 Å². The first-order valence-corrected chi connectivity index (χ1v) is 11.7. The second-order valence-corrected chi connectivity index (χ2v) is 9.22. The third kappa shape index (κ3) is 4.49. The monoisotopic (exact) mass is 465 g/mol. The van der Waals surface area contributed by atoms with Gasteiger partial charge in [0.15, 0.2) is 5.76 Å². The van der Waals surface area contributed by atoms with E-state index in [1.54, 1.807) is 6.07 Å². The van der Waals surface area contributed by atoms with Gasteiger partial charge in [-0.15, -0.1) is 0 Å². The number of fused-ring (bicyclic) bond motifs is 2. The van der Waals surface area contributed by atoms with Crippen molar-refractivity contribution < 1.29 is 48.6 Å². The molecule has 0 saturated heterocycles. The molecule has 0 aliphatic heterocycles. The Balaban J connectivity index is 0.00000274. The SMILES string of the molecule is Cc1c(-c2cc(C(=O)[O-])c3c(O[C@@H](C)C4CCCCC4)ccc(C)c3n2)oc2ccccc12.[Na+]. The van der Waals surface area contributed by atoms with Gasteiger partial charge in [-0.25, -0.2) is 4.98 Å². The predicted octanol–water partition coefficient (Wildman–Crippen LogP) is 2.98. The summed E-state index contributed by atoms with van der Waals surface area (Å²) in [6.07, 6.45) is 6.01. The van der Waals surface area contributed by atoms with Crippen LogP contribution in [-0.4, -0.2) is 17.1 Å². The summed E-state index contributed by atoms with van der Waals surface area (Å²) < 4.78 is 12.5. The molecule has 1 aliphatic carbocycles. The fraction of sp³-hybridized carbons (Fsp3) is 0.357. The van der Waals surface area contributed by atoms with E-state index in [2.05, 4.69) is 6.92 Å². The number of aromatic nitrogens is 1. The van der Waals surface area contributed by atoms with Crippen molar-refractivity contribution in [2.24, 2.45) is 5.92 Å². The average Bonchev–Trinajstić information content (AvgIpc) is 3.17. The molecule has 1 fully saturated rings. The number of carboxylic acids is 1. The van der Waals surface area contributed by atoms with Crippen molar-refractivity contribution in [3.05, 3.63) is 59.2 Å². The van der Waals surface area contributed by atoms with E-state index in [4.69, 9.17) is 14.1 Å². The molecule has 0 unspecified atom stereocenters. The molecule has 2 aromatic heterocycles. The molecule has 34 heavy (non-hydrogen) atoms. The number of hydrogen-bond donors (Lipinski definition) is 0. The van der Waals surface area contributed by atoms with Crippen LogP contribution in [0.15, 0.2) is 46.9 Å². The minimum atomic E-state index is -1.25. The largest absolute Gasteiger partial charge is 1.00 e. The van der Waals surface area contributed by atoms with Gasteiger partial charge in [-0.05, 0) is 63.3 Å². The van der Waals surface area contributed by atoms with Crippen molar-refractivity contribution >= 4 is 27.8 Å². The summed E-state index contributed by atoms with van der Waals surface area (Å²) in [6, 6.07) is 13.1. The van der Waals surface area contributed by atoms with E-state index in [0.29, 0.717) is 34.0 Å². The van der Waals surface area contributed by atoms with Gasteiger partial charge in [-0.2, -0.15) is 0 Å². The van der Waals surface area contributed by atoms with Crippen molar-refractivity contribution in [2.45, 2.75) is 59.0 Å². The summed E-state index contributed by atoms with van der Waals surface area (Å²) in [5.74, 6) is 0.347. The standard InChI is InChI=1S/C28H29NO4.Na/c1-16-13-14-24(32-18(3)19-9-5-4-6-10-19)25-21(28(30)31)15-22(29-26(16)25)27-17(2)20-11-7-8-12-23(20)33-27;/h7-8,11-15,18-19H,4-6,9-10H2,1-3H3,(H,30,31);/q;+1/p-1/t18-;/m0./s1. The van der Waals surface area contributed by atoms with Gasteiger partial charge in [-0.3, -0.25) is 0 Å². The van der Waals surface area contributed by atoms with Crippen LogP contribution in [0, 0.1) is 19.8 Å². The molecule has 4 aromatic rings. The Bertz CT molecular complexity index is 1350. The summed E-state index contributed by atoms with van der Waals surface area (Å²) in [5.41, 5.74) is 3.70. The number of para-hydroxylation sites is 1. The van der Waals surface area contributed by atoms with Crippen LogP contribution in [0.4, 0.5) is 0 Å². The molecule has 1 atom stereocenters. The normalized spacial score (nSPS) is 15.3. The van der Waals surface area contributed by atoms with Crippen molar-refractivity contribution in [3.8, 4) is 17.2 Å². The second-order valence-electron chi connectivity index (χ2n) is 9.22. The quantitative estimate of drug-likeness (QED) is 0.424. The van der Waals surface area contributed by atoms with E-state index >= 15 is 0 Å². The van der Waals surface area contributed by atoms with Crippen LogP contribution in [0.2, 0.25) is 0 Å². The Morgan fingerprint density at radius 3 is 2.56 bits per heavy atom. The Labute approximate surface area is 221 Å². The zero-order chi connectivity index (χ0) is 23.1. The molecular weight excluding hydrogens is 437 g/mol. The van der Waals surface area contributed by atoms with Crippen LogP contribution in [0.1, 0.15) is 60.5 Å². The summed E-state index contributed by atoms with van der Waals surface area (Å²) in [5, 5.41) is 13.8. The van der Waals surface area contributed by atoms with Crippen molar-refractivity contribution in [2.75, 3.05) is 0 Å². The minimum Gasteiger partial charge on any atom is -0.545 e. The number of aromatic carboxylic acids is 1. The molecule has 0 N–H and O–H groups in total. The summed E-state index contributed by atoms with van der Waals surface area (Å²) in [4.78, 5) is 17.1. The van der Waals surface area contributed by atoms with Crippen molar-refractivity contribution in [1.29, 1.82) is 0 Å². The maximum absolute atomic E-state index is 12.3. The van der Waals surface area contributed by atoms with E-state index in [-0.39, 0.29) is 41.2 Å². The molecule has 2 aromatic carbocycles. The molecule has 170 valence electrons. The number of carbonyl (C=O) groups excluding carboxylic acids is 1. The van der Waals surface area contributed by atoms with Gasteiger partial charge in [0.1, 0.15) is 17.0 Å².